The van der Waals surface area contributed by atoms with Gasteiger partial charge in [-0.3, -0.25) is 0 Å². The van der Waals surface area contributed by atoms with Gasteiger partial charge in [-0.05, 0) is 0 Å². The molecule has 4 unspecified atom stereocenters. The Morgan fingerprint density at radius 2 is 1.67 bits per heavy atom. The average molecular weight is 362 g/mol. The van der Waals surface area contributed by atoms with E-state index in [0.717, 1.165) is 4.26 Å². The van der Waals surface area contributed by atoms with Gasteiger partial charge in [-0.2, -0.15) is 0 Å². The number of rotatable bonds is 6. The van der Waals surface area contributed by atoms with Gasteiger partial charge in [0.25, 0.3) is 0 Å². The van der Waals surface area contributed by atoms with Gasteiger partial charge in [-0.1, -0.05) is 0 Å². The topological polar surface area (TPSA) is 123 Å². The Morgan fingerprint density at radius 1 is 1.05 bits per heavy atom. The van der Waals surface area contributed by atoms with E-state index in [1.807, 2.05) is 12.1 Å². The third kappa shape index (κ3) is 3.44. The number of fused-ring (bicyclic) bond motifs is 1. The molecule has 2 aromatic rings. The minimum absolute atomic E-state index is 0.149. The summed E-state index contributed by atoms with van der Waals surface area (Å²) in [6.07, 6.45) is -6.30. The van der Waals surface area contributed by atoms with E-state index in [-0.39, 0.29) is 26.8 Å². The molecule has 5 N–H and O–H groups in total. The van der Waals surface area contributed by atoms with Crippen LogP contribution in [0.25, 0.3) is 9.65 Å². The molecule has 0 aliphatic heterocycles. The molecule has 0 spiro atoms. The second-order valence-corrected chi connectivity index (χ2v) is 6.98. The van der Waals surface area contributed by atoms with Crippen molar-refractivity contribution in [3.05, 3.63) is 34.6 Å². The predicted molar refractivity (Wildman–Crippen MR) is 76.3 cm³/mol. The zero-order valence-electron chi connectivity index (χ0n) is 11.0. The second-order valence-electron chi connectivity index (χ2n) is 4.75. The first-order valence-corrected chi connectivity index (χ1v) is 8.00. The first-order valence-electron chi connectivity index (χ1n) is 6.37. The SMILES string of the molecule is O=c1c2ccccc2[se]n1CC(O)C(O)C(O)C(O)CO. The number of benzene rings is 1. The Labute approximate surface area is 126 Å². The zero-order valence-corrected chi connectivity index (χ0v) is 12.7. The van der Waals surface area contributed by atoms with Gasteiger partial charge in [0.1, 0.15) is 0 Å². The van der Waals surface area contributed by atoms with Crippen molar-refractivity contribution in [1.29, 1.82) is 0 Å². The molecule has 0 aliphatic carbocycles. The number of hydrogen-bond donors (Lipinski definition) is 5. The maximum atomic E-state index is 12.1. The van der Waals surface area contributed by atoms with E-state index in [4.69, 9.17) is 5.11 Å². The molecule has 0 radical (unpaired) electrons. The van der Waals surface area contributed by atoms with Crippen LogP contribution >= 0.6 is 0 Å². The summed E-state index contributed by atoms with van der Waals surface area (Å²) >= 11 is -0.297. The average Bonchev–Trinajstić information content (AvgIpc) is 2.81. The van der Waals surface area contributed by atoms with Crippen LogP contribution in [0.3, 0.4) is 0 Å². The van der Waals surface area contributed by atoms with Gasteiger partial charge in [-0.15, -0.1) is 0 Å². The second kappa shape index (κ2) is 6.85. The molecule has 0 bridgehead atoms. The molecule has 1 aromatic carbocycles. The van der Waals surface area contributed by atoms with Crippen LogP contribution in [-0.2, 0) is 6.54 Å². The maximum absolute atomic E-state index is 12.1. The van der Waals surface area contributed by atoms with Crippen molar-refractivity contribution in [2.45, 2.75) is 31.0 Å². The van der Waals surface area contributed by atoms with Gasteiger partial charge in [0.15, 0.2) is 0 Å². The van der Waals surface area contributed by atoms with Crippen molar-refractivity contribution in [2.75, 3.05) is 6.61 Å². The van der Waals surface area contributed by atoms with Gasteiger partial charge in [-0.25, -0.2) is 0 Å². The van der Waals surface area contributed by atoms with Gasteiger partial charge in [0.2, 0.25) is 0 Å². The number of hydrogen-bond acceptors (Lipinski definition) is 6. The Balaban J connectivity index is 2.16. The molecular formula is C13H17NO6Se. The summed E-state index contributed by atoms with van der Waals surface area (Å²) in [6.45, 7) is -0.882. The molecule has 1 aromatic heterocycles. The summed E-state index contributed by atoms with van der Waals surface area (Å²) in [4.78, 5) is 12.1. The van der Waals surface area contributed by atoms with Crippen LogP contribution in [0.15, 0.2) is 29.1 Å². The van der Waals surface area contributed by atoms with Gasteiger partial charge < -0.3 is 0 Å². The number of aliphatic hydroxyl groups is 5. The van der Waals surface area contributed by atoms with Crippen molar-refractivity contribution in [3.8, 4) is 0 Å². The van der Waals surface area contributed by atoms with E-state index >= 15 is 0 Å². The summed E-state index contributed by atoms with van der Waals surface area (Å²) in [6, 6.07) is 7.11. The molecule has 0 aliphatic rings. The Kier molecular flexibility index (Phi) is 5.34. The Morgan fingerprint density at radius 3 is 2.29 bits per heavy atom. The van der Waals surface area contributed by atoms with Gasteiger partial charge in [0.05, 0.1) is 0 Å². The fraction of sp³-hybridized carbons (Fsp3) is 0.462. The standard InChI is InChI=1S/C13H17NO6Se/c15-6-9(17)12(19)11(18)8(16)5-14-13(20)7-3-1-2-4-10(7)21-14/h1-4,8-9,11-12,15-19H,5-6H2. The third-order valence-corrected chi connectivity index (χ3v) is 5.51. The number of nitrogens with zero attached hydrogens (tertiary/aromatic N) is 1. The van der Waals surface area contributed by atoms with Crippen LogP contribution in [-0.4, -0.2) is 74.9 Å². The van der Waals surface area contributed by atoms with E-state index in [1.54, 1.807) is 12.1 Å². The van der Waals surface area contributed by atoms with E-state index in [9.17, 15) is 25.2 Å². The molecule has 0 saturated carbocycles. The van der Waals surface area contributed by atoms with Crippen molar-refractivity contribution in [3.63, 3.8) is 0 Å². The summed E-state index contributed by atoms with van der Waals surface area (Å²) in [5.74, 6) is 0. The van der Waals surface area contributed by atoms with E-state index in [0.29, 0.717) is 5.39 Å². The van der Waals surface area contributed by atoms with Crippen LogP contribution in [0.1, 0.15) is 0 Å². The molecule has 4 atom stereocenters. The Bertz CT molecular complexity index is 653. The summed E-state index contributed by atoms with van der Waals surface area (Å²) in [7, 11) is 0. The molecule has 1 heterocycles. The quantitative estimate of drug-likeness (QED) is 0.362. The number of aromatic nitrogens is 1. The fourth-order valence-electron chi connectivity index (χ4n) is 1.98. The van der Waals surface area contributed by atoms with Crippen molar-refractivity contribution < 1.29 is 25.5 Å². The van der Waals surface area contributed by atoms with Crippen LogP contribution < -0.4 is 5.56 Å². The molecule has 8 heteroatoms. The van der Waals surface area contributed by atoms with Gasteiger partial charge >= 0.3 is 126 Å². The normalized spacial score (nSPS) is 17.6. The molecular weight excluding hydrogens is 345 g/mol. The molecule has 21 heavy (non-hydrogen) atoms. The van der Waals surface area contributed by atoms with Crippen molar-refractivity contribution in [2.24, 2.45) is 0 Å². The first-order chi connectivity index (χ1) is 9.95. The molecule has 7 nitrogen and oxygen atoms in total. The molecule has 116 valence electrons. The predicted octanol–water partition coefficient (Wildman–Crippen LogP) is -2.51. The van der Waals surface area contributed by atoms with Crippen LogP contribution in [0.2, 0.25) is 0 Å². The summed E-state index contributed by atoms with van der Waals surface area (Å²) < 4.78 is 2.32. The molecule has 0 fully saturated rings. The van der Waals surface area contributed by atoms with Crippen molar-refractivity contribution >= 4 is 24.4 Å². The number of aliphatic hydroxyl groups excluding tert-OH is 5. The minimum atomic E-state index is -1.68. The summed E-state index contributed by atoms with van der Waals surface area (Å²) in [5.41, 5.74) is -0.228. The van der Waals surface area contributed by atoms with Crippen molar-refractivity contribution in [1.82, 2.24) is 3.56 Å². The molecule has 0 saturated heterocycles. The molecule has 0 amide bonds. The van der Waals surface area contributed by atoms with Crippen LogP contribution in [0.5, 0.6) is 0 Å². The van der Waals surface area contributed by atoms with Gasteiger partial charge in [0, 0.05) is 0 Å². The van der Waals surface area contributed by atoms with E-state index in [2.05, 4.69) is 0 Å². The summed E-state index contributed by atoms with van der Waals surface area (Å²) in [5, 5.41) is 47.8. The van der Waals surface area contributed by atoms with E-state index in [1.165, 1.54) is 3.56 Å². The zero-order chi connectivity index (χ0) is 15.6. The van der Waals surface area contributed by atoms with Crippen LogP contribution in [0.4, 0.5) is 0 Å². The van der Waals surface area contributed by atoms with Crippen LogP contribution in [0, 0.1) is 0 Å². The third-order valence-electron chi connectivity index (χ3n) is 3.23. The first kappa shape index (κ1) is 16.4. The van der Waals surface area contributed by atoms with E-state index < -0.39 is 31.0 Å². The fourth-order valence-corrected chi connectivity index (χ4v) is 4.16. The Hall–Kier alpha value is -0.991. The molecule has 2 rings (SSSR count). The monoisotopic (exact) mass is 363 g/mol.